The van der Waals surface area contributed by atoms with Crippen molar-refractivity contribution in [3.05, 3.63) is 92.5 Å². The van der Waals surface area contributed by atoms with Crippen LogP contribution in [0.25, 0.3) is 6.08 Å². The van der Waals surface area contributed by atoms with Crippen molar-refractivity contribution < 1.29 is 14.3 Å². The first-order valence-electron chi connectivity index (χ1n) is 9.40. The summed E-state index contributed by atoms with van der Waals surface area (Å²) in [5, 5.41) is 15.3. The predicted molar refractivity (Wildman–Crippen MR) is 133 cm³/mol. The molecule has 2 N–H and O–H groups in total. The van der Waals surface area contributed by atoms with Crippen molar-refractivity contribution >= 4 is 63.5 Å². The third-order valence-corrected chi connectivity index (χ3v) is 5.37. The highest BCUT2D eigenvalue weighted by molar-refractivity contribution is 14.1. The van der Waals surface area contributed by atoms with Crippen molar-refractivity contribution in [2.75, 3.05) is 17.2 Å². The molecule has 0 radical (unpaired) electrons. The molecule has 3 rings (SSSR count). The van der Waals surface area contributed by atoms with Crippen molar-refractivity contribution in [1.29, 1.82) is 5.26 Å². The molecule has 2 amide bonds. The van der Waals surface area contributed by atoms with Gasteiger partial charge in [0.1, 0.15) is 17.4 Å². The molecule has 0 aliphatic rings. The number of nitrogens with one attached hydrogen (secondary N) is 2. The number of para-hydroxylation sites is 1. The van der Waals surface area contributed by atoms with Gasteiger partial charge in [0.25, 0.3) is 11.8 Å². The number of rotatable bonds is 7. The lowest BCUT2D eigenvalue weighted by molar-refractivity contribution is -0.118. The average molecular weight is 558 g/mol. The van der Waals surface area contributed by atoms with E-state index in [-0.39, 0.29) is 18.1 Å². The summed E-state index contributed by atoms with van der Waals surface area (Å²) in [6.07, 6.45) is 1.47. The molecule has 0 saturated heterocycles. The number of anilines is 2. The number of carbonyl (C=O) groups excluding carboxylic acids is 2. The highest BCUT2D eigenvalue weighted by Gasteiger charge is 2.10. The number of nitriles is 1. The summed E-state index contributed by atoms with van der Waals surface area (Å²) in [5.41, 5.74) is 1.85. The Hall–Kier alpha value is -3.35. The van der Waals surface area contributed by atoms with E-state index >= 15 is 0 Å². The fraction of sp³-hybridized carbons (Fsp3) is 0.0417. The molecular formula is C24H17ClIN3O3. The largest absolute Gasteiger partial charge is 0.484 e. The van der Waals surface area contributed by atoms with Crippen LogP contribution in [0.4, 0.5) is 11.4 Å². The van der Waals surface area contributed by atoms with Crippen LogP contribution in [0.3, 0.4) is 0 Å². The van der Waals surface area contributed by atoms with Gasteiger partial charge in [0, 0.05) is 14.3 Å². The van der Waals surface area contributed by atoms with E-state index in [0.717, 1.165) is 9.26 Å². The van der Waals surface area contributed by atoms with E-state index in [1.54, 1.807) is 48.5 Å². The summed E-state index contributed by atoms with van der Waals surface area (Å²) in [7, 11) is 0. The molecule has 8 heteroatoms. The number of hydrogen-bond acceptors (Lipinski definition) is 4. The number of hydrogen-bond donors (Lipinski definition) is 2. The van der Waals surface area contributed by atoms with E-state index in [0.29, 0.717) is 22.0 Å². The van der Waals surface area contributed by atoms with Gasteiger partial charge in [0.15, 0.2) is 6.61 Å². The lowest BCUT2D eigenvalue weighted by Crippen LogP contribution is -2.20. The molecule has 3 aromatic carbocycles. The first-order chi connectivity index (χ1) is 15.4. The van der Waals surface area contributed by atoms with Gasteiger partial charge in [-0.3, -0.25) is 9.59 Å². The quantitative estimate of drug-likeness (QED) is 0.228. The maximum Gasteiger partial charge on any atom is 0.266 e. The molecule has 0 aliphatic carbocycles. The van der Waals surface area contributed by atoms with Crippen LogP contribution in [0.1, 0.15) is 5.56 Å². The number of nitrogens with zero attached hydrogens (tertiary/aromatic N) is 1. The van der Waals surface area contributed by atoms with Crippen molar-refractivity contribution in [1.82, 2.24) is 0 Å². The van der Waals surface area contributed by atoms with Crippen LogP contribution in [0.2, 0.25) is 5.02 Å². The Kier molecular flexibility index (Phi) is 8.25. The van der Waals surface area contributed by atoms with Crippen LogP contribution in [0.5, 0.6) is 5.75 Å². The second-order valence-electron chi connectivity index (χ2n) is 6.52. The Balaban J connectivity index is 1.57. The summed E-state index contributed by atoms with van der Waals surface area (Å²) < 4.78 is 6.45. The SMILES string of the molecule is N#C/C(=C/c1ccc(OCC(=O)Nc2ccccc2I)cc1)C(=O)Nc1ccc(Cl)cc1. The Morgan fingerprint density at radius 1 is 1.00 bits per heavy atom. The van der Waals surface area contributed by atoms with Crippen LogP contribution < -0.4 is 15.4 Å². The van der Waals surface area contributed by atoms with E-state index in [9.17, 15) is 14.9 Å². The minimum atomic E-state index is -0.526. The lowest BCUT2D eigenvalue weighted by atomic mass is 10.1. The fourth-order valence-corrected chi connectivity index (χ4v) is 3.25. The molecule has 0 bridgehead atoms. The molecule has 0 heterocycles. The molecule has 6 nitrogen and oxygen atoms in total. The Morgan fingerprint density at radius 3 is 2.34 bits per heavy atom. The minimum Gasteiger partial charge on any atom is -0.484 e. The normalized spacial score (nSPS) is 10.7. The summed E-state index contributed by atoms with van der Waals surface area (Å²) in [5.74, 6) is -0.310. The van der Waals surface area contributed by atoms with Crippen molar-refractivity contribution in [2.24, 2.45) is 0 Å². The molecular weight excluding hydrogens is 541 g/mol. The number of carbonyl (C=O) groups is 2. The van der Waals surface area contributed by atoms with Crippen molar-refractivity contribution in [3.63, 3.8) is 0 Å². The number of ether oxygens (including phenoxy) is 1. The Morgan fingerprint density at radius 2 is 1.69 bits per heavy atom. The number of halogens is 2. The average Bonchev–Trinajstić information content (AvgIpc) is 2.80. The van der Waals surface area contributed by atoms with Gasteiger partial charge in [-0.15, -0.1) is 0 Å². The Labute approximate surface area is 204 Å². The zero-order valence-electron chi connectivity index (χ0n) is 16.6. The first-order valence-corrected chi connectivity index (χ1v) is 10.9. The van der Waals surface area contributed by atoms with Crippen LogP contribution in [0.15, 0.2) is 78.4 Å². The number of benzene rings is 3. The summed E-state index contributed by atoms with van der Waals surface area (Å²) in [6.45, 7) is -0.146. The minimum absolute atomic E-state index is 0.0505. The van der Waals surface area contributed by atoms with Crippen molar-refractivity contribution in [3.8, 4) is 11.8 Å². The van der Waals surface area contributed by atoms with Gasteiger partial charge in [-0.2, -0.15) is 5.26 Å². The second kappa shape index (κ2) is 11.3. The highest BCUT2D eigenvalue weighted by Crippen LogP contribution is 2.19. The molecule has 160 valence electrons. The molecule has 0 unspecified atom stereocenters. The smallest absolute Gasteiger partial charge is 0.266 e. The van der Waals surface area contributed by atoms with E-state index in [1.807, 2.05) is 30.3 Å². The topological polar surface area (TPSA) is 91.2 Å². The fourth-order valence-electron chi connectivity index (χ4n) is 2.60. The zero-order chi connectivity index (χ0) is 22.9. The molecule has 0 saturated carbocycles. The van der Waals surface area contributed by atoms with Crippen LogP contribution in [-0.2, 0) is 9.59 Å². The van der Waals surface area contributed by atoms with Crippen molar-refractivity contribution in [2.45, 2.75) is 0 Å². The molecule has 0 aromatic heterocycles. The first kappa shape index (κ1) is 23.3. The van der Waals surface area contributed by atoms with Gasteiger partial charge in [0.05, 0.1) is 5.69 Å². The second-order valence-corrected chi connectivity index (χ2v) is 8.12. The third kappa shape index (κ3) is 6.83. The zero-order valence-corrected chi connectivity index (χ0v) is 19.6. The van der Waals surface area contributed by atoms with Gasteiger partial charge in [0.2, 0.25) is 0 Å². The molecule has 0 fully saturated rings. The molecule has 0 atom stereocenters. The molecule has 3 aromatic rings. The van der Waals surface area contributed by atoms with Crippen LogP contribution in [0, 0.1) is 14.9 Å². The summed E-state index contributed by atoms with van der Waals surface area (Å²) in [6, 6.07) is 22.7. The highest BCUT2D eigenvalue weighted by atomic mass is 127. The third-order valence-electron chi connectivity index (χ3n) is 4.18. The monoisotopic (exact) mass is 557 g/mol. The lowest BCUT2D eigenvalue weighted by Gasteiger charge is -2.09. The van der Waals surface area contributed by atoms with E-state index in [2.05, 4.69) is 33.2 Å². The van der Waals surface area contributed by atoms with E-state index < -0.39 is 5.91 Å². The predicted octanol–water partition coefficient (Wildman–Crippen LogP) is 5.51. The van der Waals surface area contributed by atoms with Gasteiger partial charge < -0.3 is 15.4 Å². The van der Waals surface area contributed by atoms with E-state index in [4.69, 9.17) is 16.3 Å². The van der Waals surface area contributed by atoms with Gasteiger partial charge in [-0.05, 0) is 82.8 Å². The van der Waals surface area contributed by atoms with E-state index in [1.165, 1.54) is 6.08 Å². The maximum absolute atomic E-state index is 12.3. The number of amides is 2. The summed E-state index contributed by atoms with van der Waals surface area (Å²) >= 11 is 7.98. The van der Waals surface area contributed by atoms with Gasteiger partial charge >= 0.3 is 0 Å². The molecule has 0 spiro atoms. The van der Waals surface area contributed by atoms with Crippen LogP contribution in [-0.4, -0.2) is 18.4 Å². The summed E-state index contributed by atoms with van der Waals surface area (Å²) in [4.78, 5) is 24.4. The molecule has 32 heavy (non-hydrogen) atoms. The molecule has 0 aliphatic heterocycles. The Bertz CT molecular complexity index is 1190. The van der Waals surface area contributed by atoms with Crippen LogP contribution >= 0.6 is 34.2 Å². The van der Waals surface area contributed by atoms with Gasteiger partial charge in [-0.1, -0.05) is 35.9 Å². The standard InChI is InChI=1S/C24H17ClIN3O3/c25-18-7-9-19(10-8-18)28-24(31)17(14-27)13-16-5-11-20(12-6-16)32-15-23(30)29-22-4-2-1-3-21(22)26/h1-13H,15H2,(H,28,31)(H,29,30)/b17-13-. The maximum atomic E-state index is 12.3. The van der Waals surface area contributed by atoms with Gasteiger partial charge in [-0.25, -0.2) is 0 Å².